The topological polar surface area (TPSA) is 0 Å². The molecule has 0 aromatic rings. The normalized spacial score (nSPS) is 13.9. The van der Waals surface area contributed by atoms with Crippen molar-refractivity contribution in [1.29, 1.82) is 0 Å². The lowest BCUT2D eigenvalue weighted by Crippen LogP contribution is -1.96. The Morgan fingerprint density at radius 3 is 2.00 bits per heavy atom. The van der Waals surface area contributed by atoms with Gasteiger partial charge in [0.05, 0.1) is 0 Å². The van der Waals surface area contributed by atoms with E-state index in [-0.39, 0.29) is 0 Å². The zero-order valence-corrected chi connectivity index (χ0v) is 9.46. The summed E-state index contributed by atoms with van der Waals surface area (Å²) in [6.45, 7) is 9.83. The quantitative estimate of drug-likeness (QED) is 0.455. The minimum Gasteiger partial charge on any atom is -0.0991 e. The van der Waals surface area contributed by atoms with Crippen molar-refractivity contribution in [1.82, 2.24) is 0 Å². The van der Waals surface area contributed by atoms with Gasteiger partial charge < -0.3 is 0 Å². The first-order valence-corrected chi connectivity index (χ1v) is 5.00. The summed E-state index contributed by atoms with van der Waals surface area (Å²) >= 11 is 0. The molecule has 0 aliphatic carbocycles. The number of allylic oxidation sites excluding steroid dienone is 9. The summed E-state index contributed by atoms with van der Waals surface area (Å²) in [4.78, 5) is 0. The molecule has 74 valence electrons. The molecule has 0 aromatic carbocycles. The zero-order valence-electron chi connectivity index (χ0n) is 9.46. The maximum absolute atomic E-state index is 3.66. The van der Waals surface area contributed by atoms with Crippen LogP contribution < -0.4 is 0 Å². The number of rotatable bonds is 5. The maximum Gasteiger partial charge on any atom is 0.191 e. The Hall–Kier alpha value is -1.24. The molecule has 0 nitrogen and oxygen atoms in total. The van der Waals surface area contributed by atoms with Crippen LogP contribution in [0.25, 0.3) is 0 Å². The van der Waals surface area contributed by atoms with Crippen LogP contribution in [0.5, 0.6) is 0 Å². The summed E-state index contributed by atoms with van der Waals surface area (Å²) < 4.78 is 0. The highest BCUT2D eigenvalue weighted by Crippen LogP contribution is 2.04. The second-order valence-corrected chi connectivity index (χ2v) is 3.00. The number of hydrogen-bond acceptors (Lipinski definition) is 0. The van der Waals surface area contributed by atoms with Gasteiger partial charge in [-0.15, -0.1) is 0 Å². The molecule has 1 heteroatoms. The van der Waals surface area contributed by atoms with Crippen molar-refractivity contribution in [2.75, 3.05) is 0 Å². The Morgan fingerprint density at radius 1 is 1.00 bits per heavy atom. The van der Waals surface area contributed by atoms with Crippen LogP contribution in [0.1, 0.15) is 20.8 Å². The van der Waals surface area contributed by atoms with Gasteiger partial charge in [-0.25, -0.2) is 0 Å². The molecule has 0 heterocycles. The summed E-state index contributed by atoms with van der Waals surface area (Å²) in [6.07, 6.45) is 14.4. The van der Waals surface area contributed by atoms with Gasteiger partial charge >= 0.3 is 0 Å². The van der Waals surface area contributed by atoms with Crippen LogP contribution in [0.4, 0.5) is 0 Å². The van der Waals surface area contributed by atoms with E-state index < -0.39 is 0 Å². The van der Waals surface area contributed by atoms with E-state index in [2.05, 4.69) is 50.8 Å². The molecular weight excluding hydrogens is 167 g/mol. The van der Waals surface area contributed by atoms with Crippen LogP contribution in [0.2, 0.25) is 0 Å². The van der Waals surface area contributed by atoms with E-state index in [1.54, 1.807) is 6.08 Å². The molecule has 0 saturated carbocycles. The Kier molecular flexibility index (Phi) is 7.63. The van der Waals surface area contributed by atoms with Gasteiger partial charge in [-0.3, -0.25) is 0 Å². The van der Waals surface area contributed by atoms with Crippen LogP contribution in [0.3, 0.4) is 0 Å². The van der Waals surface area contributed by atoms with Gasteiger partial charge in [0.2, 0.25) is 0 Å². The van der Waals surface area contributed by atoms with Gasteiger partial charge in [-0.1, -0.05) is 60.1 Å². The molecule has 0 radical (unpaired) electrons. The Labute approximate surface area is 88.7 Å². The lowest BCUT2D eigenvalue weighted by atomic mass is 9.62. The maximum atomic E-state index is 3.66. The molecule has 0 spiro atoms. The molecule has 0 atom stereocenters. The van der Waals surface area contributed by atoms with Crippen LogP contribution in [-0.2, 0) is 0 Å². The average Bonchev–Trinajstić information content (AvgIpc) is 2.22. The molecule has 14 heavy (non-hydrogen) atoms. The van der Waals surface area contributed by atoms with Crippen molar-refractivity contribution in [2.24, 2.45) is 0 Å². The fourth-order valence-electron chi connectivity index (χ4n) is 1.16. The Morgan fingerprint density at radius 2 is 1.57 bits per heavy atom. The summed E-state index contributed by atoms with van der Waals surface area (Å²) in [7, 11) is 0.988. The van der Waals surface area contributed by atoms with Crippen LogP contribution >= 0.6 is 0 Å². The second-order valence-electron chi connectivity index (χ2n) is 3.00. The van der Waals surface area contributed by atoms with Gasteiger partial charge in [-0.05, 0) is 20.8 Å². The first-order chi connectivity index (χ1) is 6.78. The predicted molar refractivity (Wildman–Crippen MR) is 68.8 cm³/mol. The van der Waals surface area contributed by atoms with Gasteiger partial charge in [-0.2, -0.15) is 0 Å². The lowest BCUT2D eigenvalue weighted by Gasteiger charge is -2.00. The summed E-state index contributed by atoms with van der Waals surface area (Å²) in [5.41, 5.74) is 2.66. The third kappa shape index (κ3) is 5.42. The van der Waals surface area contributed by atoms with Crippen LogP contribution in [0, 0.1) is 0 Å². The van der Waals surface area contributed by atoms with E-state index in [9.17, 15) is 0 Å². The van der Waals surface area contributed by atoms with E-state index in [0.29, 0.717) is 0 Å². The lowest BCUT2D eigenvalue weighted by molar-refractivity contribution is 1.62. The highest BCUT2D eigenvalue weighted by Gasteiger charge is 1.97. The molecule has 0 unspecified atom stereocenters. The van der Waals surface area contributed by atoms with Gasteiger partial charge in [0, 0.05) is 0 Å². The van der Waals surface area contributed by atoms with E-state index in [4.69, 9.17) is 0 Å². The van der Waals surface area contributed by atoms with Crippen molar-refractivity contribution < 1.29 is 0 Å². The SMILES string of the molecule is C=C/C=C\C(BC(/C=C\C)=C/C)=C/C. The van der Waals surface area contributed by atoms with E-state index in [1.807, 2.05) is 13.0 Å². The molecular formula is C13H19B. The molecule has 0 bridgehead atoms. The largest absolute Gasteiger partial charge is 0.191 e. The minimum atomic E-state index is 0.988. The van der Waals surface area contributed by atoms with Crippen molar-refractivity contribution in [3.8, 4) is 0 Å². The molecule has 0 aliphatic heterocycles. The van der Waals surface area contributed by atoms with E-state index >= 15 is 0 Å². The van der Waals surface area contributed by atoms with Crippen molar-refractivity contribution in [3.05, 3.63) is 60.1 Å². The van der Waals surface area contributed by atoms with Crippen molar-refractivity contribution in [2.45, 2.75) is 20.8 Å². The minimum absolute atomic E-state index is 0.988. The molecule has 0 saturated heterocycles. The summed E-state index contributed by atoms with van der Waals surface area (Å²) in [5, 5.41) is 0. The first-order valence-electron chi connectivity index (χ1n) is 5.00. The smallest absolute Gasteiger partial charge is 0.0991 e. The first kappa shape index (κ1) is 12.8. The molecule has 0 fully saturated rings. The molecule has 0 N–H and O–H groups in total. The standard InChI is InChI=1S/C13H19B/c1-5-9-11-13(8-4)14-12(7-3)10-6-2/h5-11,14H,1H2,2-4H3/b10-6-,11-9-,12-7+,13-8+. The third-order valence-corrected chi connectivity index (χ3v) is 1.98. The Bertz CT molecular complexity index is 278. The monoisotopic (exact) mass is 186 g/mol. The predicted octanol–water partition coefficient (Wildman–Crippen LogP) is 3.55. The van der Waals surface area contributed by atoms with E-state index in [0.717, 1.165) is 7.28 Å². The average molecular weight is 186 g/mol. The fourth-order valence-corrected chi connectivity index (χ4v) is 1.16. The highest BCUT2D eigenvalue weighted by molar-refractivity contribution is 6.55. The molecule has 0 aliphatic rings. The fraction of sp³-hybridized carbons (Fsp3) is 0.231. The number of hydrogen-bond donors (Lipinski definition) is 0. The van der Waals surface area contributed by atoms with Crippen molar-refractivity contribution >= 4 is 7.28 Å². The van der Waals surface area contributed by atoms with Gasteiger partial charge in [0.15, 0.2) is 7.28 Å². The van der Waals surface area contributed by atoms with Gasteiger partial charge in [0.25, 0.3) is 0 Å². The summed E-state index contributed by atoms with van der Waals surface area (Å²) in [6, 6.07) is 0. The summed E-state index contributed by atoms with van der Waals surface area (Å²) in [5.74, 6) is 0. The van der Waals surface area contributed by atoms with Crippen molar-refractivity contribution in [3.63, 3.8) is 0 Å². The Balaban J connectivity index is 4.46. The molecule has 0 amide bonds. The third-order valence-electron chi connectivity index (χ3n) is 1.98. The van der Waals surface area contributed by atoms with E-state index in [1.165, 1.54) is 10.9 Å². The second kappa shape index (κ2) is 8.37. The van der Waals surface area contributed by atoms with Crippen LogP contribution in [-0.4, -0.2) is 7.28 Å². The highest BCUT2D eigenvalue weighted by atomic mass is 13.8. The molecule has 0 rings (SSSR count). The van der Waals surface area contributed by atoms with Gasteiger partial charge in [0.1, 0.15) is 0 Å². The molecule has 0 aromatic heterocycles. The zero-order chi connectivity index (χ0) is 10.8. The van der Waals surface area contributed by atoms with Crippen LogP contribution in [0.15, 0.2) is 60.1 Å².